The highest BCUT2D eigenvalue weighted by Gasteiger charge is 2.16. The van der Waals surface area contributed by atoms with Crippen LogP contribution in [0.15, 0.2) is 41.7 Å². The van der Waals surface area contributed by atoms with Gasteiger partial charge in [0.25, 0.3) is 0 Å². The number of nitrogens with one attached hydrogen (secondary N) is 1. The van der Waals surface area contributed by atoms with Gasteiger partial charge in [0.15, 0.2) is 11.0 Å². The first-order chi connectivity index (χ1) is 12.5. The molecule has 26 heavy (non-hydrogen) atoms. The van der Waals surface area contributed by atoms with E-state index < -0.39 is 0 Å². The summed E-state index contributed by atoms with van der Waals surface area (Å²) in [5.41, 5.74) is 1.02. The van der Waals surface area contributed by atoms with E-state index in [0.717, 1.165) is 11.8 Å². The van der Waals surface area contributed by atoms with E-state index in [9.17, 15) is 4.79 Å². The molecule has 3 rings (SSSR count). The van der Waals surface area contributed by atoms with E-state index >= 15 is 0 Å². The van der Waals surface area contributed by atoms with Crippen LogP contribution in [0.3, 0.4) is 0 Å². The number of carbonyl (C=O) groups excluding carboxylic acids is 1. The SMILES string of the molecule is Nn1c(SCC(=O)Nc2cccnc2Cl)nnc1-c1ccc(Cl)cc1Cl. The van der Waals surface area contributed by atoms with E-state index in [0.29, 0.717) is 32.3 Å². The maximum Gasteiger partial charge on any atom is 0.234 e. The second-order valence-corrected chi connectivity index (χ2v) is 7.12. The summed E-state index contributed by atoms with van der Waals surface area (Å²) >= 11 is 19.1. The van der Waals surface area contributed by atoms with Crippen LogP contribution in [-0.2, 0) is 4.79 Å². The van der Waals surface area contributed by atoms with Gasteiger partial charge in [0.1, 0.15) is 0 Å². The average Bonchev–Trinajstić information content (AvgIpc) is 2.96. The Hall–Kier alpha value is -2.00. The number of halogens is 3. The lowest BCUT2D eigenvalue weighted by atomic mass is 10.2. The summed E-state index contributed by atoms with van der Waals surface area (Å²) in [6.45, 7) is 0. The molecule has 0 saturated heterocycles. The third kappa shape index (κ3) is 4.21. The Kier molecular flexibility index (Phi) is 5.87. The predicted octanol–water partition coefficient (Wildman–Crippen LogP) is 3.74. The number of aromatic nitrogens is 4. The molecule has 0 radical (unpaired) electrons. The fraction of sp³-hybridized carbons (Fsp3) is 0.0667. The minimum atomic E-state index is -0.279. The van der Waals surface area contributed by atoms with Gasteiger partial charge in [-0.3, -0.25) is 4.79 Å². The topological polar surface area (TPSA) is 98.7 Å². The molecule has 0 atom stereocenters. The van der Waals surface area contributed by atoms with E-state index in [-0.39, 0.29) is 16.8 Å². The van der Waals surface area contributed by atoms with Crippen LogP contribution >= 0.6 is 46.6 Å². The highest BCUT2D eigenvalue weighted by atomic mass is 35.5. The van der Waals surface area contributed by atoms with E-state index in [1.54, 1.807) is 30.3 Å². The molecule has 0 bridgehead atoms. The molecular formula is C15H11Cl3N6OS. The number of carbonyl (C=O) groups is 1. The fourth-order valence-corrected chi connectivity index (χ4v) is 3.34. The van der Waals surface area contributed by atoms with Gasteiger partial charge in [-0.15, -0.1) is 10.2 Å². The molecule has 0 spiro atoms. The van der Waals surface area contributed by atoms with Crippen molar-refractivity contribution in [2.45, 2.75) is 5.16 Å². The molecule has 1 aromatic carbocycles. The molecule has 0 aliphatic carbocycles. The van der Waals surface area contributed by atoms with Crippen LogP contribution in [0.4, 0.5) is 5.69 Å². The smallest absolute Gasteiger partial charge is 0.234 e. The number of nitrogen functional groups attached to an aromatic ring is 1. The summed E-state index contributed by atoms with van der Waals surface area (Å²) in [4.78, 5) is 16.0. The van der Waals surface area contributed by atoms with E-state index in [1.807, 2.05) is 0 Å². The molecule has 2 aromatic heterocycles. The third-order valence-corrected chi connectivity index (χ3v) is 4.99. The molecular weight excluding hydrogens is 419 g/mol. The van der Waals surface area contributed by atoms with Crippen LogP contribution in [0.5, 0.6) is 0 Å². The van der Waals surface area contributed by atoms with Crippen molar-refractivity contribution < 1.29 is 4.79 Å². The second-order valence-electron chi connectivity index (χ2n) is 4.98. The Morgan fingerprint density at radius 2 is 2.04 bits per heavy atom. The first-order valence-electron chi connectivity index (χ1n) is 7.15. The Balaban J connectivity index is 1.69. The highest BCUT2D eigenvalue weighted by molar-refractivity contribution is 7.99. The number of hydrogen-bond donors (Lipinski definition) is 2. The third-order valence-electron chi connectivity index (χ3n) is 3.20. The average molecular weight is 430 g/mol. The normalized spacial score (nSPS) is 10.7. The van der Waals surface area contributed by atoms with Crippen LogP contribution in [-0.4, -0.2) is 31.5 Å². The summed E-state index contributed by atoms with van der Waals surface area (Å²) in [6.07, 6.45) is 1.53. The fourth-order valence-electron chi connectivity index (χ4n) is 2.03. The molecule has 0 aliphatic heterocycles. The molecule has 3 N–H and O–H groups in total. The molecule has 134 valence electrons. The number of rotatable bonds is 5. The van der Waals surface area contributed by atoms with Crippen LogP contribution in [0, 0.1) is 0 Å². The molecule has 7 nitrogen and oxygen atoms in total. The van der Waals surface area contributed by atoms with E-state index in [1.165, 1.54) is 10.9 Å². The zero-order valence-corrected chi connectivity index (χ0v) is 16.1. The first kappa shape index (κ1) is 18.8. The summed E-state index contributed by atoms with van der Waals surface area (Å²) in [6, 6.07) is 8.29. The molecule has 0 unspecified atom stereocenters. The number of benzene rings is 1. The molecule has 2 heterocycles. The lowest BCUT2D eigenvalue weighted by molar-refractivity contribution is -0.113. The van der Waals surface area contributed by atoms with E-state index in [2.05, 4.69) is 20.5 Å². The van der Waals surface area contributed by atoms with Crippen molar-refractivity contribution >= 4 is 58.2 Å². The van der Waals surface area contributed by atoms with Crippen molar-refractivity contribution in [3.05, 3.63) is 51.7 Å². The number of amides is 1. The van der Waals surface area contributed by atoms with Crippen molar-refractivity contribution in [3.8, 4) is 11.4 Å². The van der Waals surface area contributed by atoms with Gasteiger partial charge >= 0.3 is 0 Å². The van der Waals surface area contributed by atoms with Gasteiger partial charge in [0.05, 0.1) is 16.5 Å². The maximum atomic E-state index is 12.1. The lowest BCUT2D eigenvalue weighted by Crippen LogP contribution is -2.16. The van der Waals surface area contributed by atoms with Gasteiger partial charge < -0.3 is 11.2 Å². The van der Waals surface area contributed by atoms with E-state index in [4.69, 9.17) is 40.6 Å². The van der Waals surface area contributed by atoms with Crippen LogP contribution in [0.25, 0.3) is 11.4 Å². The Bertz CT molecular complexity index is 964. The van der Waals surface area contributed by atoms with Crippen LogP contribution in [0.2, 0.25) is 15.2 Å². The van der Waals surface area contributed by atoms with Crippen molar-refractivity contribution in [3.63, 3.8) is 0 Å². The first-order valence-corrected chi connectivity index (χ1v) is 9.26. The summed E-state index contributed by atoms with van der Waals surface area (Å²) < 4.78 is 1.27. The number of thioether (sulfide) groups is 1. The number of anilines is 1. The van der Waals surface area contributed by atoms with Crippen LogP contribution in [0.1, 0.15) is 0 Å². The number of nitrogens with two attached hydrogens (primary N) is 1. The Labute approximate surface area is 167 Å². The minimum Gasteiger partial charge on any atom is -0.335 e. The molecule has 0 saturated carbocycles. The van der Waals surface area contributed by atoms with Crippen molar-refractivity contribution in [1.82, 2.24) is 19.9 Å². The quantitative estimate of drug-likeness (QED) is 0.364. The standard InChI is InChI=1S/C15H11Cl3N6OS/c16-8-3-4-9(10(17)6-8)14-22-23-15(24(14)19)26-7-12(25)21-11-2-1-5-20-13(11)18/h1-6H,7,19H2,(H,21,25). The Morgan fingerprint density at radius 1 is 1.23 bits per heavy atom. The van der Waals surface area contributed by atoms with Crippen molar-refractivity contribution in [2.75, 3.05) is 16.9 Å². The molecule has 3 aromatic rings. The van der Waals surface area contributed by atoms with Gasteiger partial charge in [-0.2, -0.15) is 0 Å². The van der Waals surface area contributed by atoms with Gasteiger partial charge in [-0.05, 0) is 30.3 Å². The van der Waals surface area contributed by atoms with Crippen molar-refractivity contribution in [2.24, 2.45) is 0 Å². The maximum absolute atomic E-state index is 12.1. The van der Waals surface area contributed by atoms with Crippen LogP contribution < -0.4 is 11.2 Å². The van der Waals surface area contributed by atoms with Gasteiger partial charge in [0.2, 0.25) is 11.1 Å². The molecule has 0 aliphatic rings. The summed E-state index contributed by atoms with van der Waals surface area (Å²) in [5, 5.41) is 12.2. The Morgan fingerprint density at radius 3 is 2.77 bits per heavy atom. The number of nitrogens with zero attached hydrogens (tertiary/aromatic N) is 4. The van der Waals surface area contributed by atoms with Gasteiger partial charge in [-0.25, -0.2) is 9.66 Å². The van der Waals surface area contributed by atoms with Crippen molar-refractivity contribution in [1.29, 1.82) is 0 Å². The minimum absolute atomic E-state index is 0.0644. The van der Waals surface area contributed by atoms with Gasteiger partial charge in [-0.1, -0.05) is 46.6 Å². The predicted molar refractivity (Wildman–Crippen MR) is 104 cm³/mol. The summed E-state index contributed by atoms with van der Waals surface area (Å²) in [5.74, 6) is 6.17. The second kappa shape index (κ2) is 8.13. The lowest BCUT2D eigenvalue weighted by Gasteiger charge is -2.07. The summed E-state index contributed by atoms with van der Waals surface area (Å²) in [7, 11) is 0. The zero-order chi connectivity index (χ0) is 18.7. The van der Waals surface area contributed by atoms with Gasteiger partial charge in [0, 0.05) is 16.8 Å². The molecule has 11 heteroatoms. The highest BCUT2D eigenvalue weighted by Crippen LogP contribution is 2.30. The largest absolute Gasteiger partial charge is 0.335 e. The molecule has 0 fully saturated rings. The monoisotopic (exact) mass is 428 g/mol. The molecule has 1 amide bonds. The number of pyridine rings is 1. The number of hydrogen-bond acceptors (Lipinski definition) is 6. The zero-order valence-electron chi connectivity index (χ0n) is 13.0.